The highest BCUT2D eigenvalue weighted by molar-refractivity contribution is 8.01. The van der Waals surface area contributed by atoms with Crippen molar-refractivity contribution in [1.82, 2.24) is 0 Å². The predicted molar refractivity (Wildman–Crippen MR) is 106 cm³/mol. The lowest BCUT2D eigenvalue weighted by Crippen LogP contribution is -2.27. The second kappa shape index (κ2) is 8.11. The van der Waals surface area contributed by atoms with E-state index in [0.717, 1.165) is 22.4 Å². The topological polar surface area (TPSA) is 46.5 Å². The Kier molecular flexibility index (Phi) is 5.64. The summed E-state index contributed by atoms with van der Waals surface area (Å²) in [6, 6.07) is 27.9. The third kappa shape index (κ3) is 3.60. The number of aliphatic carboxylic acids is 1. The summed E-state index contributed by atoms with van der Waals surface area (Å²) in [4.78, 5) is 11.4. The zero-order valence-electron chi connectivity index (χ0n) is 14.5. The average molecular weight is 364 g/mol. The molecule has 132 valence electrons. The van der Waals surface area contributed by atoms with E-state index in [1.807, 2.05) is 84.9 Å². The zero-order valence-corrected chi connectivity index (χ0v) is 15.3. The number of methoxy groups -OCH3 is 1. The van der Waals surface area contributed by atoms with Gasteiger partial charge in [0.25, 0.3) is 0 Å². The molecule has 0 saturated heterocycles. The number of rotatable bonds is 7. The van der Waals surface area contributed by atoms with E-state index in [0.29, 0.717) is 0 Å². The summed E-state index contributed by atoms with van der Waals surface area (Å²) in [5, 5.41) is 9.36. The molecule has 3 nitrogen and oxygen atoms in total. The van der Waals surface area contributed by atoms with Gasteiger partial charge >= 0.3 is 5.97 Å². The molecule has 4 heteroatoms. The normalized spacial score (nSPS) is 11.1. The van der Waals surface area contributed by atoms with Crippen LogP contribution in [0.2, 0.25) is 0 Å². The fourth-order valence-corrected chi connectivity index (χ4v) is 4.34. The molecule has 0 aliphatic rings. The highest BCUT2D eigenvalue weighted by Gasteiger charge is 2.37. The Hall–Kier alpha value is -2.72. The molecule has 3 aromatic carbocycles. The van der Waals surface area contributed by atoms with Crippen LogP contribution in [-0.4, -0.2) is 23.9 Å². The van der Waals surface area contributed by atoms with Gasteiger partial charge in [0.15, 0.2) is 0 Å². The molecule has 3 rings (SSSR count). The smallest absolute Gasteiger partial charge is 0.313 e. The summed E-state index contributed by atoms with van der Waals surface area (Å²) < 4.78 is 4.67. The molecule has 0 spiro atoms. The van der Waals surface area contributed by atoms with Crippen molar-refractivity contribution in [3.63, 3.8) is 0 Å². The number of carboxylic acids is 1. The lowest BCUT2D eigenvalue weighted by atomic mass is 9.84. The van der Waals surface area contributed by atoms with Crippen molar-refractivity contribution in [3.8, 4) is 5.75 Å². The van der Waals surface area contributed by atoms with Crippen molar-refractivity contribution in [2.24, 2.45) is 0 Å². The van der Waals surface area contributed by atoms with Gasteiger partial charge in [0.05, 0.1) is 17.6 Å². The van der Waals surface area contributed by atoms with Crippen LogP contribution in [0, 0.1) is 0 Å². The van der Waals surface area contributed by atoms with E-state index in [1.54, 1.807) is 7.11 Å². The van der Waals surface area contributed by atoms with Crippen LogP contribution in [0.4, 0.5) is 0 Å². The Morgan fingerprint density at radius 1 is 0.846 bits per heavy atom. The Morgan fingerprint density at radius 3 is 1.73 bits per heavy atom. The summed E-state index contributed by atoms with van der Waals surface area (Å²) in [5.41, 5.74) is 3.10. The molecule has 0 bridgehead atoms. The van der Waals surface area contributed by atoms with E-state index in [2.05, 4.69) is 0 Å². The van der Waals surface area contributed by atoms with Crippen LogP contribution in [0.1, 0.15) is 16.7 Å². The Balaban J connectivity index is 2.24. The van der Waals surface area contributed by atoms with Crippen molar-refractivity contribution < 1.29 is 14.6 Å². The first-order chi connectivity index (χ1) is 12.7. The maximum atomic E-state index is 11.4. The van der Waals surface area contributed by atoms with Gasteiger partial charge in [-0.2, -0.15) is 0 Å². The Bertz CT molecular complexity index is 806. The van der Waals surface area contributed by atoms with Crippen LogP contribution in [0.3, 0.4) is 0 Å². The molecule has 0 saturated carbocycles. The van der Waals surface area contributed by atoms with E-state index in [1.165, 1.54) is 11.8 Å². The third-order valence-corrected chi connectivity index (χ3v) is 5.80. The number of benzene rings is 3. The summed E-state index contributed by atoms with van der Waals surface area (Å²) in [6.45, 7) is 0. The van der Waals surface area contributed by atoms with Gasteiger partial charge in [0.2, 0.25) is 0 Å². The molecular weight excluding hydrogens is 344 g/mol. The molecule has 0 unspecified atom stereocenters. The minimum atomic E-state index is -0.834. The van der Waals surface area contributed by atoms with E-state index in [4.69, 9.17) is 4.74 Å². The summed E-state index contributed by atoms with van der Waals surface area (Å²) in [6.07, 6.45) is 0. The van der Waals surface area contributed by atoms with Gasteiger partial charge in [-0.3, -0.25) is 4.79 Å². The molecule has 0 aliphatic heterocycles. The quantitative estimate of drug-likeness (QED) is 0.612. The minimum Gasteiger partial charge on any atom is -0.497 e. The second-order valence-electron chi connectivity index (χ2n) is 5.82. The minimum absolute atomic E-state index is 0.00415. The van der Waals surface area contributed by atoms with Crippen molar-refractivity contribution in [2.75, 3.05) is 12.9 Å². The highest BCUT2D eigenvalue weighted by Crippen LogP contribution is 2.48. The largest absolute Gasteiger partial charge is 0.497 e. The van der Waals surface area contributed by atoms with Gasteiger partial charge in [-0.05, 0) is 28.8 Å². The molecule has 0 atom stereocenters. The number of ether oxygens (including phenoxy) is 1. The molecule has 0 fully saturated rings. The van der Waals surface area contributed by atoms with Crippen molar-refractivity contribution in [3.05, 3.63) is 102 Å². The molecule has 0 amide bonds. The van der Waals surface area contributed by atoms with Crippen LogP contribution < -0.4 is 4.74 Å². The molecule has 1 N–H and O–H groups in total. The third-order valence-electron chi connectivity index (χ3n) is 4.27. The highest BCUT2D eigenvalue weighted by atomic mass is 32.2. The summed E-state index contributed by atoms with van der Waals surface area (Å²) in [7, 11) is 1.63. The van der Waals surface area contributed by atoms with Gasteiger partial charge in [-0.15, -0.1) is 11.8 Å². The van der Waals surface area contributed by atoms with E-state index in [-0.39, 0.29) is 5.75 Å². The first-order valence-corrected chi connectivity index (χ1v) is 9.26. The first kappa shape index (κ1) is 18.1. The molecule has 3 aromatic rings. The average Bonchev–Trinajstić information content (AvgIpc) is 2.70. The number of hydrogen-bond donors (Lipinski definition) is 1. The van der Waals surface area contributed by atoms with Crippen molar-refractivity contribution in [2.45, 2.75) is 4.75 Å². The molecule has 0 aliphatic carbocycles. The fraction of sp³-hybridized carbons (Fsp3) is 0.136. The van der Waals surface area contributed by atoms with Crippen molar-refractivity contribution in [1.29, 1.82) is 0 Å². The van der Waals surface area contributed by atoms with Crippen LogP contribution in [0.25, 0.3) is 0 Å². The first-order valence-electron chi connectivity index (χ1n) is 8.28. The summed E-state index contributed by atoms with van der Waals surface area (Å²) in [5.74, 6) is -0.0673. The van der Waals surface area contributed by atoms with Crippen LogP contribution in [0.15, 0.2) is 84.9 Å². The van der Waals surface area contributed by atoms with Gasteiger partial charge in [0, 0.05) is 0 Å². The fourth-order valence-electron chi connectivity index (χ4n) is 3.09. The lowest BCUT2D eigenvalue weighted by Gasteiger charge is -2.35. The summed E-state index contributed by atoms with van der Waals surface area (Å²) >= 11 is 1.41. The number of carbonyl (C=O) groups is 1. The van der Waals surface area contributed by atoms with Gasteiger partial charge in [-0.1, -0.05) is 72.8 Å². The van der Waals surface area contributed by atoms with Crippen LogP contribution in [-0.2, 0) is 9.54 Å². The monoisotopic (exact) mass is 364 g/mol. The maximum Gasteiger partial charge on any atom is 0.313 e. The molecular formula is C22H20O3S. The van der Waals surface area contributed by atoms with Gasteiger partial charge in [0.1, 0.15) is 5.75 Å². The van der Waals surface area contributed by atoms with E-state index >= 15 is 0 Å². The van der Waals surface area contributed by atoms with Crippen LogP contribution >= 0.6 is 11.8 Å². The second-order valence-corrected chi connectivity index (χ2v) is 7.01. The molecule has 0 aromatic heterocycles. The van der Waals surface area contributed by atoms with E-state index < -0.39 is 10.7 Å². The number of hydrogen-bond acceptors (Lipinski definition) is 3. The molecule has 0 heterocycles. The van der Waals surface area contributed by atoms with Gasteiger partial charge in [-0.25, -0.2) is 0 Å². The zero-order chi connectivity index (χ0) is 18.4. The van der Waals surface area contributed by atoms with Gasteiger partial charge < -0.3 is 9.84 Å². The molecule has 26 heavy (non-hydrogen) atoms. The Labute approximate surface area is 157 Å². The van der Waals surface area contributed by atoms with Crippen LogP contribution in [0.5, 0.6) is 5.75 Å². The Morgan fingerprint density at radius 2 is 1.31 bits per heavy atom. The number of carboxylic acid groups (broad SMARTS) is 1. The molecule has 0 radical (unpaired) electrons. The predicted octanol–water partition coefficient (Wildman–Crippen LogP) is 4.80. The number of thioether (sulfide) groups is 1. The maximum absolute atomic E-state index is 11.4. The van der Waals surface area contributed by atoms with Crippen molar-refractivity contribution >= 4 is 17.7 Å². The van der Waals surface area contributed by atoms with E-state index in [9.17, 15) is 9.90 Å². The lowest BCUT2D eigenvalue weighted by molar-refractivity contribution is -0.133. The standard InChI is InChI=1S/C22H20O3S/c1-25-20-14-12-19(13-15-20)22(26-16-21(23)24,17-8-4-2-5-9-17)18-10-6-3-7-11-18/h2-15H,16H2,1H3,(H,23,24). The SMILES string of the molecule is COc1ccc(C(SCC(=O)O)(c2ccccc2)c2ccccc2)cc1.